The molecular formula is C13H10F7NO2. The van der Waals surface area contributed by atoms with Crippen molar-refractivity contribution in [1.29, 1.82) is 0 Å². The van der Waals surface area contributed by atoms with E-state index in [2.05, 4.69) is 4.98 Å². The minimum absolute atomic E-state index is 0.523. The van der Waals surface area contributed by atoms with Crippen molar-refractivity contribution < 1.29 is 40.6 Å². The summed E-state index contributed by atoms with van der Waals surface area (Å²) >= 11 is 0. The van der Waals surface area contributed by atoms with E-state index in [4.69, 9.17) is 4.74 Å². The van der Waals surface area contributed by atoms with E-state index < -0.39 is 72.1 Å². The molecule has 0 aromatic carbocycles. The Bertz CT molecular complexity index is 625. The second kappa shape index (κ2) is 4.96. The summed E-state index contributed by atoms with van der Waals surface area (Å²) in [6.45, 7) is 0. The van der Waals surface area contributed by atoms with E-state index in [0.29, 0.717) is 6.20 Å². The van der Waals surface area contributed by atoms with E-state index in [-0.39, 0.29) is 0 Å². The summed E-state index contributed by atoms with van der Waals surface area (Å²) in [6, 6.07) is 0. The Morgan fingerprint density at radius 1 is 1.17 bits per heavy atom. The van der Waals surface area contributed by atoms with Gasteiger partial charge in [-0.3, -0.25) is 0 Å². The maximum Gasteiger partial charge on any atom is 0.433 e. The van der Waals surface area contributed by atoms with Gasteiger partial charge in [0.25, 0.3) is 5.92 Å². The fourth-order valence-electron chi connectivity index (χ4n) is 2.77. The monoisotopic (exact) mass is 345 g/mol. The average Bonchev–Trinajstić information content (AvgIpc) is 2.61. The van der Waals surface area contributed by atoms with Crippen LogP contribution in [0.4, 0.5) is 30.7 Å². The van der Waals surface area contributed by atoms with E-state index in [9.17, 15) is 35.8 Å². The van der Waals surface area contributed by atoms with Crippen molar-refractivity contribution in [3.05, 3.63) is 23.0 Å². The number of aromatic nitrogens is 1. The van der Waals surface area contributed by atoms with Crippen LogP contribution in [0.3, 0.4) is 0 Å². The first-order valence-corrected chi connectivity index (χ1v) is 6.62. The number of aliphatic hydroxyl groups is 1. The molecule has 1 aromatic rings. The summed E-state index contributed by atoms with van der Waals surface area (Å²) in [5.74, 6) is -3.51. The molecule has 0 radical (unpaired) electrons. The zero-order chi connectivity index (χ0) is 17.2. The maximum absolute atomic E-state index is 14.0. The van der Waals surface area contributed by atoms with Crippen LogP contribution in [0, 0.1) is 0 Å². The van der Waals surface area contributed by atoms with E-state index in [0.717, 1.165) is 0 Å². The van der Waals surface area contributed by atoms with Crippen molar-refractivity contribution in [2.45, 2.75) is 49.5 Å². The van der Waals surface area contributed by atoms with Gasteiger partial charge in [0.05, 0.1) is 6.20 Å². The Labute approximate surface area is 125 Å². The van der Waals surface area contributed by atoms with Gasteiger partial charge in [0, 0.05) is 24.0 Å². The van der Waals surface area contributed by atoms with Crippen molar-refractivity contribution in [2.75, 3.05) is 0 Å². The third-order valence-electron chi connectivity index (χ3n) is 3.89. The van der Waals surface area contributed by atoms with Gasteiger partial charge in [-0.2, -0.15) is 13.2 Å². The Morgan fingerprint density at radius 3 is 2.30 bits per heavy atom. The second-order valence-electron chi connectivity index (χ2n) is 5.59. The molecule has 0 spiro atoms. The number of alkyl halides is 7. The number of nitrogens with zero attached hydrogens (tertiary/aromatic N) is 1. The summed E-state index contributed by atoms with van der Waals surface area (Å²) in [5, 5.41) is 9.55. The SMILES string of the molecule is O[C@H]1c2c(C(F)(F)F)ncc(OC3CC(F)(F)C3)c2[C@@H](F)[C@H]1F. The van der Waals surface area contributed by atoms with Crippen molar-refractivity contribution in [3.63, 3.8) is 0 Å². The molecule has 3 atom stereocenters. The minimum Gasteiger partial charge on any atom is -0.488 e. The Kier molecular flexibility index (Phi) is 3.51. The molecule has 3 rings (SSSR count). The van der Waals surface area contributed by atoms with Crippen LogP contribution in [0.25, 0.3) is 0 Å². The van der Waals surface area contributed by atoms with Gasteiger partial charge in [0.15, 0.2) is 18.0 Å². The van der Waals surface area contributed by atoms with Crippen LogP contribution in [0.2, 0.25) is 0 Å². The molecule has 0 saturated heterocycles. The fourth-order valence-corrected chi connectivity index (χ4v) is 2.77. The van der Waals surface area contributed by atoms with Gasteiger partial charge >= 0.3 is 6.18 Å². The standard InChI is InChI=1S/C13H10F7NO2/c14-8-6-5(23-4-1-12(16,17)2-4)3-21-11(13(18,19)20)7(6)10(22)9(8)15/h3-4,8-10,22H,1-2H2/t8-,9-,10+/m1/s1. The summed E-state index contributed by atoms with van der Waals surface area (Å²) in [6.07, 6.45) is -14.4. The quantitative estimate of drug-likeness (QED) is 0.832. The molecule has 2 aliphatic rings. The molecule has 128 valence electrons. The highest BCUT2D eigenvalue weighted by Gasteiger charge is 2.51. The first kappa shape index (κ1) is 16.3. The summed E-state index contributed by atoms with van der Waals surface area (Å²) in [7, 11) is 0. The summed E-state index contributed by atoms with van der Waals surface area (Å²) in [4.78, 5) is 3.06. The van der Waals surface area contributed by atoms with Crippen molar-refractivity contribution in [1.82, 2.24) is 4.98 Å². The molecule has 1 fully saturated rings. The molecular weight excluding hydrogens is 335 g/mol. The molecule has 1 heterocycles. The molecule has 0 amide bonds. The number of halogens is 7. The Hall–Kier alpha value is -1.58. The van der Waals surface area contributed by atoms with Gasteiger partial charge in [0.1, 0.15) is 18.0 Å². The number of aliphatic hydroxyl groups excluding tert-OH is 1. The van der Waals surface area contributed by atoms with Gasteiger partial charge in [-0.15, -0.1) is 0 Å². The van der Waals surface area contributed by atoms with Gasteiger partial charge in [0.2, 0.25) is 0 Å². The van der Waals surface area contributed by atoms with Crippen LogP contribution in [0.5, 0.6) is 5.75 Å². The number of hydrogen-bond donors (Lipinski definition) is 1. The van der Waals surface area contributed by atoms with Gasteiger partial charge < -0.3 is 9.84 Å². The van der Waals surface area contributed by atoms with Crippen molar-refractivity contribution >= 4 is 0 Å². The smallest absolute Gasteiger partial charge is 0.433 e. The molecule has 0 aliphatic heterocycles. The van der Waals surface area contributed by atoms with E-state index in [1.54, 1.807) is 0 Å². The zero-order valence-corrected chi connectivity index (χ0v) is 11.2. The predicted octanol–water partition coefficient (Wildman–Crippen LogP) is 3.67. The third-order valence-corrected chi connectivity index (χ3v) is 3.89. The number of rotatable bonds is 2. The maximum atomic E-state index is 14.0. The number of pyridine rings is 1. The third kappa shape index (κ3) is 2.62. The number of fused-ring (bicyclic) bond motifs is 1. The molecule has 0 unspecified atom stereocenters. The number of ether oxygens (including phenoxy) is 1. The van der Waals surface area contributed by atoms with Crippen LogP contribution in [0.1, 0.15) is 41.9 Å². The molecule has 1 N–H and O–H groups in total. The highest BCUT2D eigenvalue weighted by Crippen LogP contribution is 2.52. The Balaban J connectivity index is 2.00. The van der Waals surface area contributed by atoms with Crippen molar-refractivity contribution in [2.24, 2.45) is 0 Å². The molecule has 0 bridgehead atoms. The van der Waals surface area contributed by atoms with Crippen LogP contribution < -0.4 is 4.74 Å². The molecule has 10 heteroatoms. The predicted molar refractivity (Wildman–Crippen MR) is 61.5 cm³/mol. The minimum atomic E-state index is -5.03. The van der Waals surface area contributed by atoms with Gasteiger partial charge in [-0.05, 0) is 0 Å². The Morgan fingerprint density at radius 2 is 1.78 bits per heavy atom. The number of hydrogen-bond acceptors (Lipinski definition) is 3. The molecule has 23 heavy (non-hydrogen) atoms. The van der Waals surface area contributed by atoms with E-state index >= 15 is 0 Å². The van der Waals surface area contributed by atoms with Gasteiger partial charge in [-0.1, -0.05) is 0 Å². The van der Waals surface area contributed by atoms with Crippen LogP contribution >= 0.6 is 0 Å². The largest absolute Gasteiger partial charge is 0.488 e. The molecule has 2 aliphatic carbocycles. The van der Waals surface area contributed by atoms with Crippen LogP contribution in [-0.4, -0.2) is 28.3 Å². The summed E-state index contributed by atoms with van der Waals surface area (Å²) < 4.78 is 96.8. The topological polar surface area (TPSA) is 42.4 Å². The highest BCUT2D eigenvalue weighted by atomic mass is 19.4. The van der Waals surface area contributed by atoms with Gasteiger partial charge in [-0.25, -0.2) is 22.5 Å². The second-order valence-corrected chi connectivity index (χ2v) is 5.59. The average molecular weight is 345 g/mol. The first-order chi connectivity index (χ1) is 10.5. The van der Waals surface area contributed by atoms with Crippen LogP contribution in [-0.2, 0) is 6.18 Å². The van der Waals surface area contributed by atoms with Crippen molar-refractivity contribution in [3.8, 4) is 5.75 Å². The molecule has 1 aromatic heterocycles. The first-order valence-electron chi connectivity index (χ1n) is 6.62. The van der Waals surface area contributed by atoms with E-state index in [1.807, 2.05) is 0 Å². The van der Waals surface area contributed by atoms with Crippen LogP contribution in [0.15, 0.2) is 6.20 Å². The lowest BCUT2D eigenvalue weighted by atomic mass is 9.91. The lowest BCUT2D eigenvalue weighted by Crippen LogP contribution is -2.43. The zero-order valence-electron chi connectivity index (χ0n) is 11.2. The highest BCUT2D eigenvalue weighted by molar-refractivity contribution is 5.49. The molecule has 1 saturated carbocycles. The lowest BCUT2D eigenvalue weighted by molar-refractivity contribution is -0.143. The van der Waals surface area contributed by atoms with E-state index in [1.165, 1.54) is 0 Å². The fraction of sp³-hybridized carbons (Fsp3) is 0.615. The lowest BCUT2D eigenvalue weighted by Gasteiger charge is -2.35. The summed E-state index contributed by atoms with van der Waals surface area (Å²) in [5.41, 5.74) is -3.47. The molecule has 3 nitrogen and oxygen atoms in total. The normalized spacial score (nSPS) is 30.0.